The Morgan fingerprint density at radius 2 is 2.36 bits per heavy atom. The van der Waals surface area contributed by atoms with Crippen LogP contribution in [-0.4, -0.2) is 40.4 Å². The summed E-state index contributed by atoms with van der Waals surface area (Å²) in [7, 11) is 0. The first-order valence-corrected chi connectivity index (χ1v) is 4.01. The Bertz CT molecular complexity index is 348. The van der Waals surface area contributed by atoms with Crippen LogP contribution in [0.3, 0.4) is 0 Å². The lowest BCUT2D eigenvalue weighted by atomic mass is 10.1. The highest BCUT2D eigenvalue weighted by atomic mass is 16.5. The summed E-state index contributed by atoms with van der Waals surface area (Å²) in [5.41, 5.74) is 0. The van der Waals surface area contributed by atoms with Crippen molar-refractivity contribution in [1.29, 1.82) is 0 Å². The number of carbonyl (C=O) groups excluding carboxylic acids is 2. The quantitative estimate of drug-likeness (QED) is 0.352. The van der Waals surface area contributed by atoms with Gasteiger partial charge in [0, 0.05) is 6.08 Å². The van der Waals surface area contributed by atoms with Crippen molar-refractivity contribution in [3.8, 4) is 0 Å². The van der Waals surface area contributed by atoms with Crippen LogP contribution in [0.15, 0.2) is 11.8 Å². The number of carboxylic acids is 1. The molecule has 0 bridgehead atoms. The fourth-order valence-electron chi connectivity index (χ4n) is 1.61. The van der Waals surface area contributed by atoms with Crippen LogP contribution in [0.2, 0.25) is 0 Å². The van der Waals surface area contributed by atoms with Crippen LogP contribution < -0.4 is 0 Å². The Morgan fingerprint density at radius 1 is 1.64 bits per heavy atom. The predicted octanol–water partition coefficient (Wildman–Crippen LogP) is -0.889. The van der Waals surface area contributed by atoms with E-state index in [0.29, 0.717) is 6.29 Å². The third-order valence-corrected chi connectivity index (χ3v) is 2.23. The number of aliphatic carboxylic acids is 1. The first-order chi connectivity index (χ1) is 6.65. The molecule has 6 heteroatoms. The minimum absolute atomic E-state index is 0.0309. The van der Waals surface area contributed by atoms with E-state index in [-0.39, 0.29) is 18.1 Å². The number of ether oxygens (including phenoxy) is 1. The number of allylic oxidation sites excluding steroid dienone is 1. The maximum atomic E-state index is 11.0. The van der Waals surface area contributed by atoms with Gasteiger partial charge in [-0.3, -0.25) is 14.5 Å². The Balaban J connectivity index is 2.30. The predicted molar refractivity (Wildman–Crippen MR) is 41.9 cm³/mol. The molecule has 2 saturated heterocycles. The van der Waals surface area contributed by atoms with Crippen molar-refractivity contribution in [1.82, 2.24) is 4.90 Å². The van der Waals surface area contributed by atoms with Crippen molar-refractivity contribution in [2.24, 2.45) is 0 Å². The minimum atomic E-state index is -1.19. The first-order valence-electron chi connectivity index (χ1n) is 4.01. The third kappa shape index (κ3) is 1.00. The van der Waals surface area contributed by atoms with E-state index in [0.717, 1.165) is 11.0 Å². The lowest BCUT2D eigenvalue weighted by molar-refractivity contribution is -0.163. The van der Waals surface area contributed by atoms with Crippen LogP contribution in [0.4, 0.5) is 0 Å². The molecule has 1 amide bonds. The molecular formula is C8H7NO5. The summed E-state index contributed by atoms with van der Waals surface area (Å²) in [6.07, 6.45) is 1.15. The van der Waals surface area contributed by atoms with Crippen LogP contribution >= 0.6 is 0 Å². The molecule has 2 aliphatic rings. The van der Waals surface area contributed by atoms with Gasteiger partial charge >= 0.3 is 5.97 Å². The van der Waals surface area contributed by atoms with Gasteiger partial charge in [-0.1, -0.05) is 0 Å². The molecule has 6 nitrogen and oxygen atoms in total. The molecule has 1 unspecified atom stereocenters. The summed E-state index contributed by atoms with van der Waals surface area (Å²) < 4.78 is 5.10. The highest BCUT2D eigenvalue weighted by molar-refractivity contribution is 5.91. The molecule has 2 atom stereocenters. The second-order valence-corrected chi connectivity index (χ2v) is 3.02. The number of carboxylic acid groups (broad SMARTS) is 1. The number of β-lactam (4-membered cyclic amide) rings is 1. The monoisotopic (exact) mass is 197 g/mol. The zero-order valence-electron chi connectivity index (χ0n) is 7.04. The van der Waals surface area contributed by atoms with Crippen molar-refractivity contribution < 1.29 is 24.2 Å². The lowest BCUT2D eigenvalue weighted by Gasteiger charge is -2.33. The Hall–Kier alpha value is -1.85. The van der Waals surface area contributed by atoms with E-state index in [1.54, 1.807) is 0 Å². The molecule has 0 aliphatic carbocycles. The van der Waals surface area contributed by atoms with Crippen LogP contribution in [0, 0.1) is 0 Å². The summed E-state index contributed by atoms with van der Waals surface area (Å²) >= 11 is 0. The van der Waals surface area contributed by atoms with Crippen molar-refractivity contribution in [2.75, 3.05) is 0 Å². The number of carbonyl (C=O) groups is 3. The number of rotatable bonds is 2. The van der Waals surface area contributed by atoms with Gasteiger partial charge < -0.3 is 9.84 Å². The van der Waals surface area contributed by atoms with E-state index < -0.39 is 18.2 Å². The lowest BCUT2D eigenvalue weighted by Crippen LogP contribution is -2.54. The van der Waals surface area contributed by atoms with Crippen LogP contribution in [-0.2, 0) is 19.1 Å². The van der Waals surface area contributed by atoms with E-state index in [9.17, 15) is 14.4 Å². The van der Waals surface area contributed by atoms with Crippen molar-refractivity contribution >= 4 is 18.2 Å². The van der Waals surface area contributed by atoms with Gasteiger partial charge in [0.2, 0.25) is 5.91 Å². The summed E-state index contributed by atoms with van der Waals surface area (Å²) in [5, 5.41) is 8.82. The molecule has 2 heterocycles. The molecule has 1 N–H and O–H groups in total. The summed E-state index contributed by atoms with van der Waals surface area (Å²) in [6, 6.07) is -1.13. The molecule has 0 saturated carbocycles. The molecule has 0 aromatic rings. The third-order valence-electron chi connectivity index (χ3n) is 2.23. The number of hydrogen-bond acceptors (Lipinski definition) is 4. The number of nitrogens with zero attached hydrogens (tertiary/aromatic N) is 1. The van der Waals surface area contributed by atoms with E-state index in [1.165, 1.54) is 0 Å². The number of fused-ring (bicyclic) bond motifs is 1. The van der Waals surface area contributed by atoms with Gasteiger partial charge in [0.15, 0.2) is 12.3 Å². The van der Waals surface area contributed by atoms with Gasteiger partial charge in [-0.25, -0.2) is 4.79 Å². The highest BCUT2D eigenvalue weighted by Crippen LogP contribution is 2.35. The zero-order chi connectivity index (χ0) is 10.3. The van der Waals surface area contributed by atoms with Gasteiger partial charge in [-0.15, -0.1) is 0 Å². The maximum absolute atomic E-state index is 11.0. The van der Waals surface area contributed by atoms with Crippen molar-refractivity contribution in [2.45, 2.75) is 18.7 Å². The SMILES string of the molecule is O=CC=C1O[C@@H]2CC(=O)N2C1C(=O)O. The fraction of sp³-hybridized carbons (Fsp3) is 0.375. The Labute approximate surface area is 78.7 Å². The topological polar surface area (TPSA) is 83.9 Å². The summed E-state index contributed by atoms with van der Waals surface area (Å²) in [6.45, 7) is 0. The normalized spacial score (nSPS) is 32.1. The zero-order valence-corrected chi connectivity index (χ0v) is 7.04. The summed E-state index contributed by atoms with van der Waals surface area (Å²) in [4.78, 5) is 33.1. The van der Waals surface area contributed by atoms with Gasteiger partial charge in [0.1, 0.15) is 12.0 Å². The first kappa shape index (κ1) is 8.74. The van der Waals surface area contributed by atoms with E-state index in [1.807, 2.05) is 0 Å². The molecule has 0 aromatic heterocycles. The molecule has 0 aromatic carbocycles. The van der Waals surface area contributed by atoms with E-state index >= 15 is 0 Å². The number of amides is 1. The molecule has 0 radical (unpaired) electrons. The largest absolute Gasteiger partial charge is 0.479 e. The number of hydrogen-bond donors (Lipinski definition) is 1. The van der Waals surface area contributed by atoms with Gasteiger partial charge in [-0.05, 0) is 0 Å². The van der Waals surface area contributed by atoms with Crippen molar-refractivity contribution in [3.63, 3.8) is 0 Å². The molecule has 2 rings (SSSR count). The van der Waals surface area contributed by atoms with Crippen LogP contribution in [0.25, 0.3) is 0 Å². The molecule has 2 aliphatic heterocycles. The molecule has 2 fully saturated rings. The Kier molecular flexibility index (Phi) is 1.77. The smallest absolute Gasteiger partial charge is 0.334 e. The highest BCUT2D eigenvalue weighted by Gasteiger charge is 2.53. The average Bonchev–Trinajstić information content (AvgIpc) is 2.39. The van der Waals surface area contributed by atoms with Crippen LogP contribution in [0.5, 0.6) is 0 Å². The minimum Gasteiger partial charge on any atom is -0.479 e. The van der Waals surface area contributed by atoms with Gasteiger partial charge in [0.05, 0.1) is 6.42 Å². The Morgan fingerprint density at radius 3 is 2.86 bits per heavy atom. The molecular weight excluding hydrogens is 190 g/mol. The van der Waals surface area contributed by atoms with Crippen molar-refractivity contribution in [3.05, 3.63) is 11.8 Å². The van der Waals surface area contributed by atoms with E-state index in [2.05, 4.69) is 0 Å². The van der Waals surface area contributed by atoms with E-state index in [4.69, 9.17) is 9.84 Å². The second-order valence-electron chi connectivity index (χ2n) is 3.02. The van der Waals surface area contributed by atoms with Gasteiger partial charge in [-0.2, -0.15) is 0 Å². The number of aldehydes is 1. The van der Waals surface area contributed by atoms with Gasteiger partial charge in [0.25, 0.3) is 0 Å². The van der Waals surface area contributed by atoms with Crippen LogP contribution in [0.1, 0.15) is 6.42 Å². The molecule has 14 heavy (non-hydrogen) atoms. The molecule has 74 valence electrons. The second kappa shape index (κ2) is 2.83. The molecule has 0 spiro atoms. The fourth-order valence-corrected chi connectivity index (χ4v) is 1.61. The average molecular weight is 197 g/mol. The maximum Gasteiger partial charge on any atom is 0.334 e. The standard InChI is InChI=1S/C8H7NO5/c10-2-1-4-7(8(12)13)9-5(11)3-6(9)14-4/h1-2,6-7H,3H2,(H,12,13)/t6-,7?/m1/s1. The summed E-state index contributed by atoms with van der Waals surface area (Å²) in [5.74, 6) is -1.42.